The van der Waals surface area contributed by atoms with Crippen LogP contribution in [0.15, 0.2) is 30.3 Å². The van der Waals surface area contributed by atoms with E-state index in [-0.39, 0.29) is 12.2 Å². The molecule has 0 saturated heterocycles. The number of aliphatic carboxylic acids is 1. The van der Waals surface area contributed by atoms with Crippen LogP contribution in [-0.4, -0.2) is 22.2 Å². The molecule has 0 aliphatic carbocycles. The van der Waals surface area contributed by atoms with Gasteiger partial charge in [-0.3, -0.25) is 4.79 Å². The van der Waals surface area contributed by atoms with Crippen molar-refractivity contribution in [3.05, 3.63) is 46.6 Å². The molecule has 0 heterocycles. The Morgan fingerprint density at radius 2 is 1.78 bits per heavy atom. The summed E-state index contributed by atoms with van der Waals surface area (Å²) in [7, 11) is 0. The number of ether oxygens (including phenoxy) is 1. The van der Waals surface area contributed by atoms with Crippen LogP contribution in [0.4, 0.5) is 0 Å². The van der Waals surface area contributed by atoms with Crippen LogP contribution in [0.3, 0.4) is 0 Å². The standard InChI is InChI=1S/C15H12I3NO4/c16-10-6-12(23-8-3-1-7(20)2-4-8)14(18)13(17)9(10)5-11(19)15(21)22/h1-4,6,11,20H,5,19H2,(H,21,22)/t11-/m0/s1. The SMILES string of the molecule is N[C@@H](Cc1c(I)cc(Oc2ccc(O)cc2)c(I)c1I)C(=O)O. The summed E-state index contributed by atoms with van der Waals surface area (Å²) in [6, 6.07) is 7.40. The number of phenolic OH excluding ortho intramolecular Hbond substituents is 1. The highest BCUT2D eigenvalue weighted by molar-refractivity contribution is 14.1. The molecule has 2 aromatic rings. The van der Waals surface area contributed by atoms with Crippen molar-refractivity contribution >= 4 is 73.7 Å². The lowest BCUT2D eigenvalue weighted by Crippen LogP contribution is -2.32. The maximum atomic E-state index is 11.0. The van der Waals surface area contributed by atoms with Crippen molar-refractivity contribution in [3.63, 3.8) is 0 Å². The van der Waals surface area contributed by atoms with Gasteiger partial charge in [-0.2, -0.15) is 0 Å². The molecule has 0 aromatic heterocycles. The lowest BCUT2D eigenvalue weighted by Gasteiger charge is -2.16. The molecular formula is C15H12I3NO4. The van der Waals surface area contributed by atoms with Crippen molar-refractivity contribution in [3.8, 4) is 17.2 Å². The maximum Gasteiger partial charge on any atom is 0.320 e. The van der Waals surface area contributed by atoms with Gasteiger partial charge < -0.3 is 20.7 Å². The van der Waals surface area contributed by atoms with Crippen molar-refractivity contribution in [1.82, 2.24) is 0 Å². The first kappa shape index (κ1) is 19.0. The summed E-state index contributed by atoms with van der Waals surface area (Å²) < 4.78 is 8.58. The number of rotatable bonds is 5. The molecule has 2 rings (SSSR count). The Labute approximate surface area is 174 Å². The van der Waals surface area contributed by atoms with Gasteiger partial charge in [-0.1, -0.05) is 0 Å². The van der Waals surface area contributed by atoms with Crippen LogP contribution in [0.1, 0.15) is 5.56 Å². The Morgan fingerprint density at radius 1 is 1.17 bits per heavy atom. The van der Waals surface area contributed by atoms with Crippen molar-refractivity contribution in [2.75, 3.05) is 0 Å². The Morgan fingerprint density at radius 3 is 2.35 bits per heavy atom. The van der Waals surface area contributed by atoms with Gasteiger partial charge in [-0.25, -0.2) is 0 Å². The summed E-state index contributed by atoms with van der Waals surface area (Å²) >= 11 is 6.51. The second kappa shape index (κ2) is 8.16. The fraction of sp³-hybridized carbons (Fsp3) is 0.133. The Hall–Kier alpha value is -0.340. The van der Waals surface area contributed by atoms with Gasteiger partial charge in [-0.05, 0) is 104 Å². The zero-order valence-corrected chi connectivity index (χ0v) is 18.1. The first-order valence-corrected chi connectivity index (χ1v) is 9.65. The second-order valence-electron chi connectivity index (χ2n) is 4.71. The van der Waals surface area contributed by atoms with Crippen LogP contribution in [0, 0.1) is 10.7 Å². The molecule has 23 heavy (non-hydrogen) atoms. The second-order valence-corrected chi connectivity index (χ2v) is 8.03. The molecule has 4 N–H and O–H groups in total. The summed E-state index contributed by atoms with van der Waals surface area (Å²) in [5.74, 6) is 0.449. The normalized spacial score (nSPS) is 12.0. The van der Waals surface area contributed by atoms with Gasteiger partial charge in [0.25, 0.3) is 0 Å². The van der Waals surface area contributed by atoms with Gasteiger partial charge in [0, 0.05) is 13.6 Å². The number of nitrogens with two attached hydrogens (primary N) is 1. The molecule has 122 valence electrons. The first-order chi connectivity index (χ1) is 10.8. The van der Waals surface area contributed by atoms with Crippen LogP contribution in [0.5, 0.6) is 17.2 Å². The molecule has 0 aliphatic heterocycles. The maximum absolute atomic E-state index is 11.0. The lowest BCUT2D eigenvalue weighted by molar-refractivity contribution is -0.138. The molecule has 0 saturated carbocycles. The smallest absolute Gasteiger partial charge is 0.320 e. The Balaban J connectivity index is 2.33. The highest BCUT2D eigenvalue weighted by atomic mass is 127. The van der Waals surface area contributed by atoms with E-state index in [1.807, 2.05) is 6.07 Å². The number of carbonyl (C=O) groups is 1. The molecule has 0 spiro atoms. The van der Waals surface area contributed by atoms with Crippen LogP contribution in [0.2, 0.25) is 0 Å². The van der Waals surface area contributed by atoms with E-state index in [4.69, 9.17) is 15.6 Å². The third kappa shape index (κ3) is 4.82. The van der Waals surface area contributed by atoms with Crippen molar-refractivity contribution in [2.45, 2.75) is 12.5 Å². The van der Waals surface area contributed by atoms with Crippen molar-refractivity contribution < 1.29 is 19.7 Å². The molecule has 5 nitrogen and oxygen atoms in total. The minimum atomic E-state index is -1.02. The van der Waals surface area contributed by atoms with Crippen LogP contribution in [0.25, 0.3) is 0 Å². The number of carboxylic acid groups (broad SMARTS) is 1. The van der Waals surface area contributed by atoms with E-state index in [0.29, 0.717) is 11.5 Å². The molecule has 0 unspecified atom stereocenters. The summed E-state index contributed by atoms with van der Waals surface area (Å²) in [5, 5.41) is 18.3. The number of halogens is 3. The summed E-state index contributed by atoms with van der Waals surface area (Å²) in [4.78, 5) is 11.0. The van der Waals surface area contributed by atoms with Gasteiger partial charge >= 0.3 is 5.97 Å². The predicted molar refractivity (Wildman–Crippen MR) is 112 cm³/mol. The zero-order valence-electron chi connectivity index (χ0n) is 11.6. The van der Waals surface area contributed by atoms with E-state index in [1.165, 1.54) is 0 Å². The highest BCUT2D eigenvalue weighted by Gasteiger charge is 2.20. The molecule has 0 bridgehead atoms. The minimum absolute atomic E-state index is 0.175. The van der Waals surface area contributed by atoms with E-state index in [0.717, 1.165) is 16.3 Å². The fourth-order valence-corrected chi connectivity index (χ4v) is 4.48. The van der Waals surface area contributed by atoms with Crippen LogP contribution in [-0.2, 0) is 11.2 Å². The summed E-state index contributed by atoms with van der Waals surface area (Å²) in [6.07, 6.45) is 0.265. The molecule has 1 atom stereocenters. The minimum Gasteiger partial charge on any atom is -0.508 e. The van der Waals surface area contributed by atoms with Gasteiger partial charge in [0.1, 0.15) is 23.3 Å². The Bertz CT molecular complexity index is 734. The third-order valence-electron chi connectivity index (χ3n) is 3.03. The molecular weight excluding hydrogens is 639 g/mol. The first-order valence-electron chi connectivity index (χ1n) is 6.41. The van der Waals surface area contributed by atoms with E-state index in [9.17, 15) is 9.90 Å². The van der Waals surface area contributed by atoms with E-state index < -0.39 is 12.0 Å². The van der Waals surface area contributed by atoms with Crippen LogP contribution >= 0.6 is 67.8 Å². The van der Waals surface area contributed by atoms with Crippen molar-refractivity contribution in [1.29, 1.82) is 0 Å². The number of benzene rings is 2. The quantitative estimate of drug-likeness (QED) is 0.337. The molecule has 0 amide bonds. The van der Waals surface area contributed by atoms with Gasteiger partial charge in [-0.15, -0.1) is 0 Å². The van der Waals surface area contributed by atoms with Gasteiger partial charge in [0.05, 0.1) is 3.57 Å². The number of hydrogen-bond donors (Lipinski definition) is 3. The average molecular weight is 651 g/mol. The molecule has 0 fully saturated rings. The molecule has 8 heteroatoms. The topological polar surface area (TPSA) is 92.8 Å². The molecule has 0 aliphatic rings. The Kier molecular flexibility index (Phi) is 6.74. The fourth-order valence-electron chi connectivity index (χ4n) is 1.82. The number of phenols is 1. The lowest BCUT2D eigenvalue weighted by atomic mass is 10.1. The average Bonchev–Trinajstić information content (AvgIpc) is 2.50. The summed E-state index contributed by atoms with van der Waals surface area (Å²) in [6.45, 7) is 0. The molecule has 0 radical (unpaired) electrons. The van der Waals surface area contributed by atoms with Crippen molar-refractivity contribution in [2.24, 2.45) is 5.73 Å². The van der Waals surface area contributed by atoms with Gasteiger partial charge in [0.15, 0.2) is 0 Å². The monoisotopic (exact) mass is 651 g/mol. The largest absolute Gasteiger partial charge is 0.508 e. The van der Waals surface area contributed by atoms with Gasteiger partial charge in [0.2, 0.25) is 0 Å². The van der Waals surface area contributed by atoms with Crippen LogP contribution < -0.4 is 10.5 Å². The number of hydrogen-bond acceptors (Lipinski definition) is 4. The number of aromatic hydroxyl groups is 1. The summed E-state index contributed by atoms with van der Waals surface area (Å²) in [5.41, 5.74) is 6.55. The number of carboxylic acids is 1. The molecule has 2 aromatic carbocycles. The highest BCUT2D eigenvalue weighted by Crippen LogP contribution is 2.35. The third-order valence-corrected chi connectivity index (χ3v) is 7.28. The zero-order chi connectivity index (χ0) is 17.1. The predicted octanol–water partition coefficient (Wildman–Crippen LogP) is 3.95. The van der Waals surface area contributed by atoms with E-state index in [2.05, 4.69) is 67.8 Å². The van der Waals surface area contributed by atoms with E-state index >= 15 is 0 Å². The van der Waals surface area contributed by atoms with E-state index in [1.54, 1.807) is 24.3 Å².